The fraction of sp³-hybridized carbons (Fsp3) is 0.928. The van der Waals surface area contributed by atoms with Crippen molar-refractivity contribution in [3.8, 4) is 0 Å². The van der Waals surface area contributed by atoms with E-state index < -0.39 is 332 Å². The molecule has 42 heteroatoms. The Labute approximate surface area is 727 Å². The summed E-state index contributed by atoms with van der Waals surface area (Å²) in [5.41, 5.74) is 0. The number of carbonyl (C=O) groups is 6. The van der Waals surface area contributed by atoms with Crippen molar-refractivity contribution in [1.29, 1.82) is 0 Å². The van der Waals surface area contributed by atoms with Gasteiger partial charge in [0.15, 0.2) is 74.6 Å². The maximum absolute atomic E-state index is 15.1. The van der Waals surface area contributed by atoms with Crippen LogP contribution in [0, 0.1) is 29.6 Å². The second-order valence-corrected chi connectivity index (χ2v) is 34.4. The molecule has 0 amide bonds. The molecule has 0 aromatic rings. The largest absolute Gasteiger partial charge is 0.463 e. The summed E-state index contributed by atoms with van der Waals surface area (Å²) in [4.78, 5) is 87.8. The predicted molar refractivity (Wildman–Crippen MR) is 421 cm³/mol. The van der Waals surface area contributed by atoms with E-state index in [1.807, 2.05) is 6.92 Å². The van der Waals surface area contributed by atoms with E-state index in [4.69, 9.17) is 94.7 Å². The molecule has 0 aliphatic carbocycles. The first-order chi connectivity index (χ1) is 59.2. The summed E-state index contributed by atoms with van der Waals surface area (Å²) in [6.07, 6.45) is -66.9. The molecule has 0 aromatic heterocycles. The second-order valence-electron chi connectivity index (χ2n) is 34.4. The molecule has 2 bridgehead atoms. The van der Waals surface area contributed by atoms with Crippen LogP contribution in [-0.2, 0) is 124 Å². The molecule has 8 fully saturated rings. The van der Waals surface area contributed by atoms with Gasteiger partial charge in [0.05, 0.1) is 86.5 Å². The van der Waals surface area contributed by atoms with Gasteiger partial charge in [0.25, 0.3) is 0 Å². The standard InChI is InChI=1S/C83H140O42/c1-14-18-24-27-44-28-25-22-20-19-21-23-26-29-50(88)117-70-68(120-73(102)36(6)16-3)64(119-72(101)35(5)15-2)49(34-108-78-61(99)58(96)54(92)47(114-78)33-107-77-60(98)56(94)52(90)45(30-84)112-77)116-83(70)122-65-55(93)48(32-106-75(104)38(8)40(10)86)115-82(123-66-59(97)51(89)42(12)109-80(66)111-44)69(65)125-81-71(121-74(103)37(7)17-4)67(63(43(13)110-81)118-76(105)39(9)41(11)87)124-79-62(100)57(95)53(91)46(31-85)113-79/h35-49,51-71,77-87,89-100H,14-34H2,1-13H3/t35-,36-,37-,38+,39+,40+,41+,42+,43-,44-,45+,46+,47+,48+,49+,51-,52+,53+,54+,55+,56-,57-,58-,59-,60+,61+,62+,63-,64+,65-,66+,67+,68-,69+,70+,71+,77+,78+,79-,80-,81-,82-,83-/m0/s1. The molecule has 724 valence electrons. The smallest absolute Gasteiger partial charge is 0.311 e. The number of esters is 6. The van der Waals surface area contributed by atoms with E-state index in [1.165, 1.54) is 62.3 Å². The van der Waals surface area contributed by atoms with Crippen molar-refractivity contribution in [1.82, 2.24) is 0 Å². The minimum absolute atomic E-state index is 0.0696. The molecule has 8 heterocycles. The van der Waals surface area contributed by atoms with Crippen molar-refractivity contribution in [2.45, 2.75) is 426 Å². The summed E-state index contributed by atoms with van der Waals surface area (Å²) in [5, 5.41) is 181. The van der Waals surface area contributed by atoms with Crippen LogP contribution in [0.1, 0.15) is 193 Å². The number of carbonyl (C=O) groups excluding carboxylic acids is 6. The highest BCUT2D eigenvalue weighted by atomic mass is 16.8. The molecule has 125 heavy (non-hydrogen) atoms. The first-order valence-electron chi connectivity index (χ1n) is 44.3. The number of aliphatic hydroxyl groups is 16. The van der Waals surface area contributed by atoms with Crippen LogP contribution < -0.4 is 0 Å². The number of hydrogen-bond donors (Lipinski definition) is 16. The van der Waals surface area contributed by atoms with Gasteiger partial charge in [-0.3, -0.25) is 28.8 Å². The van der Waals surface area contributed by atoms with Crippen LogP contribution in [0.15, 0.2) is 0 Å². The Morgan fingerprint density at radius 3 is 1.38 bits per heavy atom. The third-order valence-electron chi connectivity index (χ3n) is 24.9. The minimum Gasteiger partial charge on any atom is -0.463 e. The first-order valence-corrected chi connectivity index (χ1v) is 44.3. The molecule has 8 aliphatic rings. The molecular weight excluding hydrogens is 1670 g/mol. The van der Waals surface area contributed by atoms with Crippen LogP contribution in [-0.4, -0.2) is 384 Å². The highest BCUT2D eigenvalue weighted by Gasteiger charge is 2.62. The number of rotatable bonds is 32. The van der Waals surface area contributed by atoms with Crippen LogP contribution in [0.5, 0.6) is 0 Å². The summed E-state index contributed by atoms with van der Waals surface area (Å²) in [5.74, 6) is -11.9. The Morgan fingerprint density at radius 1 is 0.376 bits per heavy atom. The lowest BCUT2D eigenvalue weighted by atomic mass is 9.94. The summed E-state index contributed by atoms with van der Waals surface area (Å²) in [6, 6.07) is 0. The Balaban J connectivity index is 1.39. The fourth-order valence-electron chi connectivity index (χ4n) is 15.3. The lowest BCUT2D eigenvalue weighted by molar-refractivity contribution is -0.414. The topological polar surface area (TPSA) is 611 Å². The van der Waals surface area contributed by atoms with Crippen LogP contribution in [0.3, 0.4) is 0 Å². The van der Waals surface area contributed by atoms with Crippen molar-refractivity contribution < 1.29 is 205 Å². The van der Waals surface area contributed by atoms with Crippen LogP contribution >= 0.6 is 0 Å². The minimum atomic E-state index is -2.43. The maximum atomic E-state index is 15.1. The quantitative estimate of drug-likeness (QED) is 0.0192. The molecule has 0 spiro atoms. The fourth-order valence-corrected chi connectivity index (χ4v) is 15.3. The summed E-state index contributed by atoms with van der Waals surface area (Å²) >= 11 is 0. The average Bonchev–Trinajstić information content (AvgIpc) is 0.752. The number of unbranched alkanes of at least 4 members (excludes halogenated alkanes) is 2. The molecule has 0 aromatic carbocycles. The van der Waals surface area contributed by atoms with E-state index in [0.29, 0.717) is 44.9 Å². The van der Waals surface area contributed by atoms with Crippen molar-refractivity contribution in [3.63, 3.8) is 0 Å². The summed E-state index contributed by atoms with van der Waals surface area (Å²) in [6.45, 7) is 14.5. The van der Waals surface area contributed by atoms with Crippen LogP contribution in [0.25, 0.3) is 0 Å². The third kappa shape index (κ3) is 27.4. The zero-order chi connectivity index (χ0) is 92.3. The molecule has 8 aliphatic heterocycles. The van der Waals surface area contributed by atoms with Crippen LogP contribution in [0.4, 0.5) is 0 Å². The third-order valence-corrected chi connectivity index (χ3v) is 24.9. The van der Waals surface area contributed by atoms with Gasteiger partial charge in [0, 0.05) is 6.42 Å². The lowest BCUT2D eigenvalue weighted by Crippen LogP contribution is -2.70. The maximum Gasteiger partial charge on any atom is 0.311 e. The molecular formula is C83H140O42. The summed E-state index contributed by atoms with van der Waals surface area (Å²) in [7, 11) is 0. The second kappa shape index (κ2) is 49.9. The van der Waals surface area contributed by atoms with Crippen molar-refractivity contribution in [2.75, 3.05) is 33.0 Å². The number of fused-ring (bicyclic) bond motifs is 4. The molecule has 8 rings (SSSR count). The van der Waals surface area contributed by atoms with Gasteiger partial charge in [-0.15, -0.1) is 0 Å². The lowest BCUT2D eigenvalue weighted by Gasteiger charge is -2.52. The van der Waals surface area contributed by atoms with Crippen LogP contribution in [0.2, 0.25) is 0 Å². The van der Waals surface area contributed by atoms with Gasteiger partial charge in [0.1, 0.15) is 135 Å². The first kappa shape index (κ1) is 106. The Hall–Kier alpha value is -4.38. The normalized spacial score (nSPS) is 41.6. The Kier molecular flexibility index (Phi) is 42.3. The Bertz CT molecular complexity index is 3250. The van der Waals surface area contributed by atoms with Gasteiger partial charge in [-0.25, -0.2) is 0 Å². The van der Waals surface area contributed by atoms with Gasteiger partial charge in [-0.05, 0) is 80.1 Å². The highest BCUT2D eigenvalue weighted by Crippen LogP contribution is 2.43. The molecule has 0 radical (unpaired) electrons. The van der Waals surface area contributed by atoms with E-state index in [1.54, 1.807) is 20.8 Å². The highest BCUT2D eigenvalue weighted by molar-refractivity contribution is 5.75. The van der Waals surface area contributed by atoms with E-state index in [-0.39, 0.29) is 32.1 Å². The number of aliphatic hydroxyl groups excluding tert-OH is 16. The SMILES string of the molecule is CCCCC[C@H]1CCCCCCCCCC(=O)O[C@H]2[C@H](O[C@H]3[C@H](O)[C@@H](COC(=O)[C@H](C)[C@@H](C)O)O[C@@H](O[C@H]4[C@H](O1)O[C@H](C)[C@H](O)[C@@H]4O)[C@@H]3O[C@@H]1O[C@@H](C)[C@H](OC(=O)[C@H](C)[C@@H](C)O)[C@@H](O[C@@H]3O[C@H](CO)[C@@H](O)[C@H](O)[C@H]3O)[C@H]1OC(=O)[C@@H](C)CC)O[C@H](CO[C@@H]1O[C@H](CO[C@@H]3O[C@H](CO)[C@@H](O)[C@H](O)[C@H]3O)[C@@H](O)[C@H](O)[C@H]1O)[C@@H](OC(=O)[C@@H](C)CC)[C@@H]2OC(=O)[C@@H](C)CC. The van der Waals surface area contributed by atoms with Gasteiger partial charge >= 0.3 is 35.8 Å². The molecule has 16 N–H and O–H groups in total. The van der Waals surface area contributed by atoms with E-state index in [2.05, 4.69) is 0 Å². The van der Waals surface area contributed by atoms with Crippen molar-refractivity contribution >= 4 is 35.8 Å². The van der Waals surface area contributed by atoms with Gasteiger partial charge in [-0.2, -0.15) is 0 Å². The summed E-state index contributed by atoms with van der Waals surface area (Å²) < 4.78 is 128. The molecule has 43 atom stereocenters. The van der Waals surface area contributed by atoms with Gasteiger partial charge in [0.2, 0.25) is 0 Å². The van der Waals surface area contributed by atoms with Gasteiger partial charge in [-0.1, -0.05) is 106 Å². The zero-order valence-electron chi connectivity index (χ0n) is 73.4. The van der Waals surface area contributed by atoms with E-state index in [9.17, 15) is 106 Å². The molecule has 42 nitrogen and oxygen atoms in total. The number of hydrogen-bond acceptors (Lipinski definition) is 42. The average molecular weight is 1810 g/mol. The molecule has 0 unspecified atom stereocenters. The van der Waals surface area contributed by atoms with Crippen molar-refractivity contribution in [2.24, 2.45) is 29.6 Å². The van der Waals surface area contributed by atoms with E-state index in [0.717, 1.165) is 25.7 Å². The monoisotopic (exact) mass is 1810 g/mol. The number of ether oxygens (including phenoxy) is 20. The van der Waals surface area contributed by atoms with E-state index >= 15 is 4.79 Å². The van der Waals surface area contributed by atoms with Gasteiger partial charge < -0.3 is 176 Å². The Morgan fingerprint density at radius 2 is 0.832 bits per heavy atom. The molecule has 8 saturated heterocycles. The predicted octanol–water partition coefficient (Wildman–Crippen LogP) is -2.25. The molecule has 0 saturated carbocycles. The van der Waals surface area contributed by atoms with Crippen molar-refractivity contribution in [3.05, 3.63) is 0 Å². The zero-order valence-corrected chi connectivity index (χ0v) is 73.4.